The first-order valence-corrected chi connectivity index (χ1v) is 5.05. The summed E-state index contributed by atoms with van der Waals surface area (Å²) in [5.41, 5.74) is 7.06. The lowest BCUT2D eigenvalue weighted by Crippen LogP contribution is -2.42. The van der Waals surface area contributed by atoms with Crippen molar-refractivity contribution in [3.63, 3.8) is 0 Å². The van der Waals surface area contributed by atoms with Gasteiger partial charge in [-0.2, -0.15) is 0 Å². The van der Waals surface area contributed by atoms with E-state index in [2.05, 4.69) is 0 Å². The number of aromatic nitrogens is 1. The third-order valence-corrected chi connectivity index (χ3v) is 3.42. The minimum absolute atomic E-state index is 0.0576. The minimum Gasteiger partial charge on any atom is -0.330 e. The molecule has 1 fully saturated rings. The van der Waals surface area contributed by atoms with Crippen LogP contribution in [0.1, 0.15) is 24.8 Å². The second-order valence-electron chi connectivity index (χ2n) is 4.20. The second-order valence-corrected chi connectivity index (χ2v) is 4.20. The highest BCUT2D eigenvalue weighted by atomic mass is 16.1. The van der Waals surface area contributed by atoms with Crippen LogP contribution in [0.25, 0.3) is 0 Å². The Hall–Kier alpha value is -1.09. The molecule has 2 rings (SSSR count). The molecule has 0 saturated heterocycles. The van der Waals surface area contributed by atoms with E-state index in [1.807, 2.05) is 12.3 Å². The molecule has 14 heavy (non-hydrogen) atoms. The van der Waals surface area contributed by atoms with E-state index < -0.39 is 0 Å². The average molecular weight is 192 g/mol. The molecule has 0 unspecified atom stereocenters. The third-order valence-electron chi connectivity index (χ3n) is 3.42. The number of nitrogens with zero attached hydrogens (tertiary/aromatic N) is 1. The van der Waals surface area contributed by atoms with E-state index in [-0.39, 0.29) is 11.0 Å². The Morgan fingerprint density at radius 1 is 1.57 bits per heavy atom. The standard InChI is InChI=1S/C11H16N2O/c1-13-6-3-9(7-10(13)14)11(8-12)4-2-5-11/h3,6-7H,2,4-5,8,12H2,1H3. The Morgan fingerprint density at radius 3 is 2.71 bits per heavy atom. The predicted octanol–water partition coefficient (Wildman–Crippen LogP) is 0.766. The van der Waals surface area contributed by atoms with E-state index in [0.29, 0.717) is 6.54 Å². The molecule has 0 aliphatic heterocycles. The van der Waals surface area contributed by atoms with Gasteiger partial charge in [0.1, 0.15) is 0 Å². The summed E-state index contributed by atoms with van der Waals surface area (Å²) < 4.78 is 1.59. The summed E-state index contributed by atoms with van der Waals surface area (Å²) in [7, 11) is 1.77. The molecule has 1 heterocycles. The lowest BCUT2D eigenvalue weighted by molar-refractivity contribution is 0.252. The summed E-state index contributed by atoms with van der Waals surface area (Å²) in [6.07, 6.45) is 5.30. The Bertz CT molecular complexity index is 385. The van der Waals surface area contributed by atoms with E-state index in [4.69, 9.17) is 5.73 Å². The van der Waals surface area contributed by atoms with Crippen molar-refractivity contribution in [3.8, 4) is 0 Å². The second kappa shape index (κ2) is 3.24. The van der Waals surface area contributed by atoms with Gasteiger partial charge in [0, 0.05) is 31.3 Å². The fourth-order valence-corrected chi connectivity index (χ4v) is 2.09. The molecule has 0 aromatic carbocycles. The normalized spacial score (nSPS) is 19.0. The fourth-order valence-electron chi connectivity index (χ4n) is 2.09. The van der Waals surface area contributed by atoms with Crippen LogP contribution in [0, 0.1) is 0 Å². The Labute approximate surface area is 83.5 Å². The van der Waals surface area contributed by atoms with Gasteiger partial charge in [-0.25, -0.2) is 0 Å². The van der Waals surface area contributed by atoms with Crippen molar-refractivity contribution in [2.24, 2.45) is 12.8 Å². The highest BCUT2D eigenvalue weighted by Crippen LogP contribution is 2.42. The Morgan fingerprint density at radius 2 is 2.29 bits per heavy atom. The van der Waals surface area contributed by atoms with E-state index in [0.717, 1.165) is 18.4 Å². The molecule has 0 amide bonds. The van der Waals surface area contributed by atoms with Gasteiger partial charge < -0.3 is 10.3 Å². The van der Waals surface area contributed by atoms with Crippen molar-refractivity contribution >= 4 is 0 Å². The molecule has 0 spiro atoms. The van der Waals surface area contributed by atoms with Crippen molar-refractivity contribution in [2.75, 3.05) is 6.54 Å². The summed E-state index contributed by atoms with van der Waals surface area (Å²) in [5, 5.41) is 0. The van der Waals surface area contributed by atoms with Gasteiger partial charge in [-0.1, -0.05) is 6.42 Å². The van der Waals surface area contributed by atoms with Crippen LogP contribution >= 0.6 is 0 Å². The zero-order valence-electron chi connectivity index (χ0n) is 8.49. The van der Waals surface area contributed by atoms with Crippen molar-refractivity contribution in [1.29, 1.82) is 0 Å². The number of pyridine rings is 1. The first kappa shape index (κ1) is 9.46. The van der Waals surface area contributed by atoms with E-state index >= 15 is 0 Å². The molecule has 3 nitrogen and oxygen atoms in total. The maximum Gasteiger partial charge on any atom is 0.250 e. The van der Waals surface area contributed by atoms with Crippen LogP contribution in [-0.4, -0.2) is 11.1 Å². The maximum atomic E-state index is 11.5. The van der Waals surface area contributed by atoms with E-state index in [1.165, 1.54) is 6.42 Å². The first-order valence-electron chi connectivity index (χ1n) is 5.05. The minimum atomic E-state index is 0.0576. The molecular weight excluding hydrogens is 176 g/mol. The zero-order valence-corrected chi connectivity index (χ0v) is 8.49. The molecule has 1 aromatic heterocycles. The molecule has 0 atom stereocenters. The molecule has 0 radical (unpaired) electrons. The number of rotatable bonds is 2. The van der Waals surface area contributed by atoms with Crippen molar-refractivity contribution < 1.29 is 0 Å². The van der Waals surface area contributed by atoms with E-state index in [1.54, 1.807) is 17.7 Å². The lowest BCUT2D eigenvalue weighted by Gasteiger charge is -2.41. The van der Waals surface area contributed by atoms with Crippen LogP contribution in [0.3, 0.4) is 0 Å². The number of aryl methyl sites for hydroxylation is 1. The molecular formula is C11H16N2O. The molecule has 1 aliphatic carbocycles. The van der Waals surface area contributed by atoms with Crippen LogP contribution in [0.4, 0.5) is 0 Å². The Balaban J connectivity index is 2.41. The summed E-state index contributed by atoms with van der Waals surface area (Å²) in [6.45, 7) is 0.653. The van der Waals surface area contributed by atoms with Gasteiger partial charge in [0.2, 0.25) is 0 Å². The predicted molar refractivity (Wildman–Crippen MR) is 56.3 cm³/mol. The summed E-state index contributed by atoms with van der Waals surface area (Å²) in [5.74, 6) is 0. The highest BCUT2D eigenvalue weighted by molar-refractivity contribution is 5.26. The van der Waals surface area contributed by atoms with Gasteiger partial charge >= 0.3 is 0 Å². The third kappa shape index (κ3) is 1.28. The van der Waals surface area contributed by atoms with Crippen molar-refractivity contribution in [2.45, 2.75) is 24.7 Å². The smallest absolute Gasteiger partial charge is 0.250 e. The molecule has 1 aliphatic rings. The summed E-state index contributed by atoms with van der Waals surface area (Å²) >= 11 is 0. The van der Waals surface area contributed by atoms with Gasteiger partial charge in [-0.15, -0.1) is 0 Å². The van der Waals surface area contributed by atoms with Gasteiger partial charge in [0.15, 0.2) is 0 Å². The van der Waals surface area contributed by atoms with Crippen LogP contribution in [0.2, 0.25) is 0 Å². The first-order chi connectivity index (χ1) is 6.68. The van der Waals surface area contributed by atoms with Crippen LogP contribution in [0.15, 0.2) is 23.1 Å². The van der Waals surface area contributed by atoms with Gasteiger partial charge in [0.05, 0.1) is 0 Å². The number of hydrogen-bond acceptors (Lipinski definition) is 2. The molecule has 3 heteroatoms. The molecule has 1 saturated carbocycles. The summed E-state index contributed by atoms with van der Waals surface area (Å²) in [4.78, 5) is 11.5. The molecule has 2 N–H and O–H groups in total. The topological polar surface area (TPSA) is 48.0 Å². The van der Waals surface area contributed by atoms with Gasteiger partial charge in [-0.05, 0) is 24.5 Å². The SMILES string of the molecule is Cn1ccc(C2(CN)CCC2)cc1=O. The zero-order chi connectivity index (χ0) is 10.2. The van der Waals surface area contributed by atoms with E-state index in [9.17, 15) is 4.79 Å². The van der Waals surface area contributed by atoms with Crippen LogP contribution < -0.4 is 11.3 Å². The van der Waals surface area contributed by atoms with Crippen molar-refractivity contribution in [1.82, 2.24) is 4.57 Å². The molecule has 1 aromatic rings. The van der Waals surface area contributed by atoms with Gasteiger partial charge in [0.25, 0.3) is 5.56 Å². The van der Waals surface area contributed by atoms with Crippen molar-refractivity contribution in [3.05, 3.63) is 34.2 Å². The maximum absolute atomic E-state index is 11.5. The average Bonchev–Trinajstić information content (AvgIpc) is 2.10. The monoisotopic (exact) mass is 192 g/mol. The quantitative estimate of drug-likeness (QED) is 0.752. The van der Waals surface area contributed by atoms with Crippen LogP contribution in [0.5, 0.6) is 0 Å². The fraction of sp³-hybridized carbons (Fsp3) is 0.545. The number of nitrogens with two attached hydrogens (primary N) is 1. The van der Waals surface area contributed by atoms with Crippen LogP contribution in [-0.2, 0) is 12.5 Å². The molecule has 76 valence electrons. The molecule has 0 bridgehead atoms. The highest BCUT2D eigenvalue weighted by Gasteiger charge is 2.37. The Kier molecular flexibility index (Phi) is 2.19. The largest absolute Gasteiger partial charge is 0.330 e. The lowest BCUT2D eigenvalue weighted by atomic mass is 9.65. The van der Waals surface area contributed by atoms with Gasteiger partial charge in [-0.3, -0.25) is 4.79 Å². The summed E-state index contributed by atoms with van der Waals surface area (Å²) in [6, 6.07) is 3.75. The number of hydrogen-bond donors (Lipinski definition) is 1.